The van der Waals surface area contributed by atoms with Gasteiger partial charge in [-0.1, -0.05) is 25.3 Å². The standard InChI is InChI=1S/C23H26FN5.HI/c1-14-25-22-18(12-21(24)28-23(22)26-14)20-11-16-10-15(8-9-19(16)27-20)13-29(2)17-6-4-3-5-7-17;/h8-12,17,27H,3-7,13H2,1-2H3,(H,25,26,28);1H. The second-order valence-electron chi connectivity index (χ2n) is 8.32. The molecule has 3 aromatic heterocycles. The predicted octanol–water partition coefficient (Wildman–Crippen LogP) is 5.94. The van der Waals surface area contributed by atoms with Crippen molar-refractivity contribution >= 4 is 46.0 Å². The molecule has 1 fully saturated rings. The molecular weight excluding hydrogens is 492 g/mol. The molecule has 5 nitrogen and oxygen atoms in total. The molecule has 30 heavy (non-hydrogen) atoms. The van der Waals surface area contributed by atoms with Crippen molar-refractivity contribution in [2.75, 3.05) is 7.05 Å². The maximum atomic E-state index is 14.0. The van der Waals surface area contributed by atoms with Gasteiger partial charge in [-0.05, 0) is 50.6 Å². The molecule has 1 aliphatic carbocycles. The first-order chi connectivity index (χ1) is 14.1. The molecule has 2 N–H and O–H groups in total. The maximum Gasteiger partial charge on any atom is 0.215 e. The Kier molecular flexibility index (Phi) is 6.11. The molecule has 0 atom stereocenters. The third-order valence-corrected chi connectivity index (χ3v) is 6.15. The molecule has 0 bridgehead atoms. The van der Waals surface area contributed by atoms with Crippen LogP contribution in [-0.4, -0.2) is 37.9 Å². The first-order valence-electron chi connectivity index (χ1n) is 10.4. The highest BCUT2D eigenvalue weighted by atomic mass is 127. The first kappa shape index (κ1) is 21.2. The molecule has 0 unspecified atom stereocenters. The van der Waals surface area contributed by atoms with Crippen molar-refractivity contribution in [2.24, 2.45) is 0 Å². The van der Waals surface area contributed by atoms with Crippen molar-refractivity contribution in [1.29, 1.82) is 0 Å². The van der Waals surface area contributed by atoms with E-state index < -0.39 is 5.95 Å². The van der Waals surface area contributed by atoms with E-state index in [9.17, 15) is 4.39 Å². The van der Waals surface area contributed by atoms with Crippen LogP contribution in [0, 0.1) is 12.9 Å². The number of aromatic nitrogens is 4. The minimum Gasteiger partial charge on any atom is -0.354 e. The third kappa shape index (κ3) is 4.09. The minimum absolute atomic E-state index is 0. The number of nitrogens with one attached hydrogen (secondary N) is 2. The van der Waals surface area contributed by atoms with Gasteiger partial charge in [-0.2, -0.15) is 9.37 Å². The number of nitrogens with zero attached hydrogens (tertiary/aromatic N) is 3. The number of hydrogen-bond donors (Lipinski definition) is 2. The van der Waals surface area contributed by atoms with Crippen LogP contribution < -0.4 is 0 Å². The fourth-order valence-electron chi connectivity index (χ4n) is 4.65. The summed E-state index contributed by atoms with van der Waals surface area (Å²) in [6, 6.07) is 10.8. The summed E-state index contributed by atoms with van der Waals surface area (Å²) in [5, 5.41) is 1.14. The Labute approximate surface area is 192 Å². The van der Waals surface area contributed by atoms with Crippen LogP contribution in [0.4, 0.5) is 4.39 Å². The van der Waals surface area contributed by atoms with E-state index >= 15 is 0 Å². The van der Waals surface area contributed by atoms with Crippen molar-refractivity contribution in [1.82, 2.24) is 24.8 Å². The Morgan fingerprint density at radius 2 is 1.87 bits per heavy atom. The predicted molar refractivity (Wildman–Crippen MR) is 130 cm³/mol. The Morgan fingerprint density at radius 1 is 1.07 bits per heavy atom. The van der Waals surface area contributed by atoms with Crippen molar-refractivity contribution in [3.8, 4) is 11.3 Å². The first-order valence-corrected chi connectivity index (χ1v) is 10.4. The van der Waals surface area contributed by atoms with Crippen LogP contribution >= 0.6 is 24.0 Å². The quantitative estimate of drug-likeness (QED) is 0.259. The van der Waals surface area contributed by atoms with Gasteiger partial charge in [-0.25, -0.2) is 4.98 Å². The summed E-state index contributed by atoms with van der Waals surface area (Å²) in [6.45, 7) is 2.80. The van der Waals surface area contributed by atoms with Crippen LogP contribution in [0.15, 0.2) is 30.3 Å². The van der Waals surface area contributed by atoms with E-state index in [1.165, 1.54) is 43.7 Å². The largest absolute Gasteiger partial charge is 0.354 e. The molecule has 0 radical (unpaired) electrons. The van der Waals surface area contributed by atoms with E-state index in [0.717, 1.165) is 40.0 Å². The number of rotatable bonds is 4. The van der Waals surface area contributed by atoms with Gasteiger partial charge in [0.1, 0.15) is 5.82 Å². The Bertz CT molecular complexity index is 1180. The lowest BCUT2D eigenvalue weighted by molar-refractivity contribution is 0.184. The zero-order valence-corrected chi connectivity index (χ0v) is 19.7. The number of halogens is 2. The highest BCUT2D eigenvalue weighted by Crippen LogP contribution is 2.30. The van der Waals surface area contributed by atoms with Crippen LogP contribution in [0.2, 0.25) is 0 Å². The number of pyridine rings is 1. The zero-order valence-electron chi connectivity index (χ0n) is 17.3. The number of H-pyrrole nitrogens is 2. The topological polar surface area (TPSA) is 60.6 Å². The third-order valence-electron chi connectivity index (χ3n) is 6.15. The van der Waals surface area contributed by atoms with Gasteiger partial charge in [0.05, 0.1) is 5.52 Å². The molecule has 0 aliphatic heterocycles. The van der Waals surface area contributed by atoms with Crippen LogP contribution in [0.3, 0.4) is 0 Å². The highest BCUT2D eigenvalue weighted by Gasteiger charge is 2.18. The number of aromatic amines is 2. The van der Waals surface area contributed by atoms with E-state index in [4.69, 9.17) is 0 Å². The monoisotopic (exact) mass is 519 g/mol. The molecule has 4 aromatic rings. The van der Waals surface area contributed by atoms with Crippen LogP contribution in [0.5, 0.6) is 0 Å². The summed E-state index contributed by atoms with van der Waals surface area (Å²) < 4.78 is 14.0. The van der Waals surface area contributed by atoms with E-state index in [1.54, 1.807) is 0 Å². The van der Waals surface area contributed by atoms with Gasteiger partial charge in [-0.3, -0.25) is 4.90 Å². The van der Waals surface area contributed by atoms with Gasteiger partial charge in [0, 0.05) is 40.8 Å². The van der Waals surface area contributed by atoms with Crippen molar-refractivity contribution in [3.63, 3.8) is 0 Å². The van der Waals surface area contributed by atoms with Crippen LogP contribution in [0.25, 0.3) is 33.3 Å². The second kappa shape index (κ2) is 8.63. The maximum absolute atomic E-state index is 14.0. The average Bonchev–Trinajstić information content (AvgIpc) is 3.30. The molecule has 158 valence electrons. The molecule has 0 spiro atoms. The fraction of sp³-hybridized carbons (Fsp3) is 0.391. The van der Waals surface area contributed by atoms with Gasteiger partial charge in [0.15, 0.2) is 5.65 Å². The summed E-state index contributed by atoms with van der Waals surface area (Å²) >= 11 is 0. The summed E-state index contributed by atoms with van der Waals surface area (Å²) in [5.41, 5.74) is 5.14. The SMILES string of the molecule is Cc1nc2nc(F)cc(-c3cc4cc(CN(C)C5CCCCC5)ccc4[nH]3)c2[nH]1.I. The molecule has 7 heteroatoms. The van der Waals surface area contributed by atoms with Gasteiger partial charge >= 0.3 is 0 Å². The van der Waals surface area contributed by atoms with Gasteiger partial charge in [0.25, 0.3) is 0 Å². The van der Waals surface area contributed by atoms with Crippen LogP contribution in [0.1, 0.15) is 43.5 Å². The molecule has 1 aliphatic rings. The van der Waals surface area contributed by atoms with E-state index in [-0.39, 0.29) is 24.0 Å². The number of benzene rings is 1. The van der Waals surface area contributed by atoms with Gasteiger partial charge in [-0.15, -0.1) is 24.0 Å². The molecular formula is C23H27FIN5. The van der Waals surface area contributed by atoms with Crippen LogP contribution in [-0.2, 0) is 6.54 Å². The Morgan fingerprint density at radius 3 is 2.67 bits per heavy atom. The minimum atomic E-state index is -0.521. The average molecular weight is 519 g/mol. The second-order valence-corrected chi connectivity index (χ2v) is 8.32. The van der Waals surface area contributed by atoms with Crippen molar-refractivity contribution in [2.45, 2.75) is 51.6 Å². The summed E-state index contributed by atoms with van der Waals surface area (Å²) in [6.07, 6.45) is 6.68. The molecule has 0 saturated heterocycles. The zero-order chi connectivity index (χ0) is 20.0. The van der Waals surface area contributed by atoms with E-state index in [2.05, 4.69) is 56.1 Å². The van der Waals surface area contributed by atoms with E-state index in [0.29, 0.717) is 11.7 Å². The molecule has 1 aromatic carbocycles. The lowest BCUT2D eigenvalue weighted by Gasteiger charge is -2.31. The summed E-state index contributed by atoms with van der Waals surface area (Å²) in [5.74, 6) is 0.205. The Hall–Kier alpha value is -2.00. The lowest BCUT2D eigenvalue weighted by atomic mass is 9.94. The number of aryl methyl sites for hydroxylation is 1. The fourth-order valence-corrected chi connectivity index (χ4v) is 4.65. The lowest BCUT2D eigenvalue weighted by Crippen LogP contribution is -2.32. The summed E-state index contributed by atoms with van der Waals surface area (Å²) in [7, 11) is 2.24. The van der Waals surface area contributed by atoms with Crippen molar-refractivity contribution in [3.05, 3.63) is 47.7 Å². The molecule has 3 heterocycles. The Balaban J connectivity index is 0.00000218. The van der Waals surface area contributed by atoms with Crippen molar-refractivity contribution < 1.29 is 4.39 Å². The normalized spacial score (nSPS) is 15.2. The highest BCUT2D eigenvalue weighted by molar-refractivity contribution is 14.0. The molecule has 0 amide bonds. The molecule has 1 saturated carbocycles. The smallest absolute Gasteiger partial charge is 0.215 e. The summed E-state index contributed by atoms with van der Waals surface area (Å²) in [4.78, 5) is 17.3. The number of imidazole rings is 1. The number of hydrogen-bond acceptors (Lipinski definition) is 3. The number of fused-ring (bicyclic) bond motifs is 2. The van der Waals surface area contributed by atoms with Gasteiger partial charge in [0.2, 0.25) is 5.95 Å². The van der Waals surface area contributed by atoms with E-state index in [1.807, 2.05) is 6.92 Å². The van der Waals surface area contributed by atoms with Gasteiger partial charge < -0.3 is 9.97 Å². The molecule has 5 rings (SSSR count).